The van der Waals surface area contributed by atoms with Gasteiger partial charge in [-0.05, 0) is 0 Å². The van der Waals surface area contributed by atoms with E-state index in [0.29, 0.717) is 0 Å². The van der Waals surface area contributed by atoms with E-state index in [1.54, 1.807) is 0 Å². The maximum atomic E-state index is 2.00. The standard InChI is InChI=1S/C5H9N2/c1-6-3-4-7(2)5-6/h3-5H,1-2H3. The van der Waals surface area contributed by atoms with Gasteiger partial charge in [0.25, 0.3) is 0 Å². The van der Waals surface area contributed by atoms with Crippen molar-refractivity contribution in [1.29, 1.82) is 0 Å². The van der Waals surface area contributed by atoms with E-state index in [4.69, 9.17) is 0 Å². The highest BCUT2D eigenvalue weighted by Gasteiger charge is 2.01. The first-order valence-corrected chi connectivity index (χ1v) is 2.26. The Kier molecular flexibility index (Phi) is 0.929. The molecule has 0 bridgehead atoms. The molecule has 0 N–H and O–H groups in total. The third kappa shape index (κ3) is 0.856. The Bertz CT molecular complexity index is 78.1. The third-order valence-electron chi connectivity index (χ3n) is 0.901. The molecule has 7 heavy (non-hydrogen) atoms. The molecule has 0 atom stereocenters. The van der Waals surface area contributed by atoms with Crippen LogP contribution in [-0.2, 0) is 0 Å². The van der Waals surface area contributed by atoms with Crippen LogP contribution in [0.4, 0.5) is 0 Å². The van der Waals surface area contributed by atoms with Gasteiger partial charge in [0.05, 0.1) is 0 Å². The highest BCUT2D eigenvalue weighted by molar-refractivity contribution is 4.92. The molecule has 0 fully saturated rings. The van der Waals surface area contributed by atoms with Gasteiger partial charge in [-0.3, -0.25) is 0 Å². The van der Waals surface area contributed by atoms with Crippen molar-refractivity contribution in [3.05, 3.63) is 19.1 Å². The molecular weight excluding hydrogens is 88.1 g/mol. The zero-order valence-corrected chi connectivity index (χ0v) is 4.63. The van der Waals surface area contributed by atoms with Gasteiger partial charge in [0, 0.05) is 26.5 Å². The lowest BCUT2D eigenvalue weighted by Gasteiger charge is -2.09. The first kappa shape index (κ1) is 4.50. The van der Waals surface area contributed by atoms with Crippen molar-refractivity contribution in [1.82, 2.24) is 9.80 Å². The minimum atomic E-state index is 2.00. The van der Waals surface area contributed by atoms with Crippen molar-refractivity contribution in [3.63, 3.8) is 0 Å². The van der Waals surface area contributed by atoms with Crippen molar-refractivity contribution in [2.24, 2.45) is 0 Å². The van der Waals surface area contributed by atoms with Gasteiger partial charge in [0.2, 0.25) is 0 Å². The zero-order valence-electron chi connectivity index (χ0n) is 4.63. The van der Waals surface area contributed by atoms with E-state index >= 15 is 0 Å². The lowest BCUT2D eigenvalue weighted by atomic mass is 10.9. The first-order chi connectivity index (χ1) is 3.29. The van der Waals surface area contributed by atoms with Gasteiger partial charge in [-0.2, -0.15) is 0 Å². The van der Waals surface area contributed by atoms with Crippen LogP contribution in [0, 0.1) is 6.67 Å². The molecular formula is C5H9N2. The average Bonchev–Trinajstić information content (AvgIpc) is 1.87. The highest BCUT2D eigenvalue weighted by Crippen LogP contribution is 2.03. The second-order valence-corrected chi connectivity index (χ2v) is 1.74. The predicted octanol–water partition coefficient (Wildman–Crippen LogP) is 0.454. The van der Waals surface area contributed by atoms with E-state index in [-0.39, 0.29) is 0 Å². The maximum absolute atomic E-state index is 2.00. The van der Waals surface area contributed by atoms with Gasteiger partial charge in [0.15, 0.2) is 0 Å². The molecule has 0 aromatic rings. The van der Waals surface area contributed by atoms with Crippen molar-refractivity contribution in [2.75, 3.05) is 14.1 Å². The Labute approximate surface area is 44.0 Å². The molecule has 1 heterocycles. The molecule has 0 amide bonds. The SMILES string of the molecule is CN1[CH]N(C)C=C1. The molecule has 0 aliphatic carbocycles. The number of hydrogen-bond donors (Lipinski definition) is 0. The Balaban J connectivity index is 2.42. The highest BCUT2D eigenvalue weighted by atomic mass is 15.3. The van der Waals surface area contributed by atoms with Crippen LogP contribution in [0.2, 0.25) is 0 Å². The molecule has 1 aliphatic rings. The number of hydrogen-bond acceptors (Lipinski definition) is 2. The minimum absolute atomic E-state index is 2.00. The predicted molar refractivity (Wildman–Crippen MR) is 29.0 cm³/mol. The number of nitrogens with zero attached hydrogens (tertiary/aromatic N) is 2. The summed E-state index contributed by atoms with van der Waals surface area (Å²) in [5.41, 5.74) is 0. The fourth-order valence-corrected chi connectivity index (χ4v) is 0.575. The zero-order chi connectivity index (χ0) is 5.28. The Morgan fingerprint density at radius 1 is 1.00 bits per heavy atom. The van der Waals surface area contributed by atoms with Crippen molar-refractivity contribution < 1.29 is 0 Å². The molecule has 0 unspecified atom stereocenters. The summed E-state index contributed by atoms with van der Waals surface area (Å²) in [6, 6.07) is 0. The van der Waals surface area contributed by atoms with E-state index in [2.05, 4.69) is 0 Å². The summed E-state index contributed by atoms with van der Waals surface area (Å²) >= 11 is 0. The fraction of sp³-hybridized carbons (Fsp3) is 0.400. The number of rotatable bonds is 0. The molecule has 2 heteroatoms. The second-order valence-electron chi connectivity index (χ2n) is 1.74. The van der Waals surface area contributed by atoms with Crippen LogP contribution < -0.4 is 0 Å². The Hall–Kier alpha value is -0.660. The van der Waals surface area contributed by atoms with Gasteiger partial charge in [-0.15, -0.1) is 0 Å². The quantitative estimate of drug-likeness (QED) is 0.433. The maximum Gasteiger partial charge on any atom is 0.140 e. The first-order valence-electron chi connectivity index (χ1n) is 2.26. The topological polar surface area (TPSA) is 6.48 Å². The fourth-order valence-electron chi connectivity index (χ4n) is 0.575. The molecule has 0 aromatic carbocycles. The smallest absolute Gasteiger partial charge is 0.140 e. The van der Waals surface area contributed by atoms with Crippen LogP contribution >= 0.6 is 0 Å². The van der Waals surface area contributed by atoms with Crippen molar-refractivity contribution in [3.8, 4) is 0 Å². The summed E-state index contributed by atoms with van der Waals surface area (Å²) < 4.78 is 0. The average molecular weight is 97.1 g/mol. The normalized spacial score (nSPS) is 19.1. The summed E-state index contributed by atoms with van der Waals surface area (Å²) in [6.07, 6.45) is 4.00. The van der Waals surface area contributed by atoms with E-state index < -0.39 is 0 Å². The molecule has 0 spiro atoms. The van der Waals surface area contributed by atoms with Crippen molar-refractivity contribution in [2.45, 2.75) is 0 Å². The van der Waals surface area contributed by atoms with E-state index in [9.17, 15) is 0 Å². The van der Waals surface area contributed by atoms with Gasteiger partial charge in [0.1, 0.15) is 6.67 Å². The van der Waals surface area contributed by atoms with Crippen LogP contribution in [0.3, 0.4) is 0 Å². The second kappa shape index (κ2) is 1.45. The molecule has 1 aliphatic heterocycles. The van der Waals surface area contributed by atoms with Gasteiger partial charge >= 0.3 is 0 Å². The summed E-state index contributed by atoms with van der Waals surface area (Å²) in [5, 5.41) is 0. The minimum Gasteiger partial charge on any atom is -0.356 e. The van der Waals surface area contributed by atoms with Crippen LogP contribution in [0.1, 0.15) is 0 Å². The Morgan fingerprint density at radius 3 is 1.57 bits per heavy atom. The lowest BCUT2D eigenvalue weighted by Crippen LogP contribution is -2.10. The summed E-state index contributed by atoms with van der Waals surface area (Å²) in [4.78, 5) is 4.00. The molecule has 1 radical (unpaired) electrons. The van der Waals surface area contributed by atoms with E-state index in [1.807, 2.05) is 43.0 Å². The molecule has 0 saturated carbocycles. The van der Waals surface area contributed by atoms with Gasteiger partial charge < -0.3 is 9.80 Å². The van der Waals surface area contributed by atoms with Crippen LogP contribution in [0.5, 0.6) is 0 Å². The third-order valence-corrected chi connectivity index (χ3v) is 0.901. The molecule has 0 aromatic heterocycles. The molecule has 2 nitrogen and oxygen atoms in total. The molecule has 0 saturated heterocycles. The molecule has 1 rings (SSSR count). The van der Waals surface area contributed by atoms with E-state index in [0.717, 1.165) is 0 Å². The van der Waals surface area contributed by atoms with Crippen LogP contribution in [0.15, 0.2) is 12.4 Å². The summed E-state index contributed by atoms with van der Waals surface area (Å²) in [7, 11) is 4.00. The summed E-state index contributed by atoms with van der Waals surface area (Å²) in [5.74, 6) is 0. The Morgan fingerprint density at radius 2 is 1.43 bits per heavy atom. The lowest BCUT2D eigenvalue weighted by molar-refractivity contribution is 0.433. The van der Waals surface area contributed by atoms with Gasteiger partial charge in [-0.25, -0.2) is 0 Å². The van der Waals surface area contributed by atoms with Crippen LogP contribution in [-0.4, -0.2) is 23.9 Å². The summed E-state index contributed by atoms with van der Waals surface area (Å²) in [6.45, 7) is 2.00. The van der Waals surface area contributed by atoms with Crippen molar-refractivity contribution >= 4 is 0 Å². The largest absolute Gasteiger partial charge is 0.356 e. The van der Waals surface area contributed by atoms with Crippen LogP contribution in [0.25, 0.3) is 0 Å². The van der Waals surface area contributed by atoms with Gasteiger partial charge in [-0.1, -0.05) is 0 Å². The monoisotopic (exact) mass is 97.1 g/mol. The van der Waals surface area contributed by atoms with E-state index in [1.165, 1.54) is 0 Å². The molecule has 39 valence electrons.